The average Bonchev–Trinajstić information content (AvgIpc) is 2.92. The Balaban J connectivity index is 1.67. The predicted octanol–water partition coefficient (Wildman–Crippen LogP) is 2.95. The molecular formula is C15H16FN3O2S. The summed E-state index contributed by atoms with van der Waals surface area (Å²) in [6, 6.07) is 6.16. The summed E-state index contributed by atoms with van der Waals surface area (Å²) in [7, 11) is 0. The number of anilines is 1. The molecule has 3 rings (SSSR count). The summed E-state index contributed by atoms with van der Waals surface area (Å²) in [5, 5.41) is 3.68. The van der Waals surface area contributed by atoms with E-state index in [1.165, 1.54) is 23.9 Å². The van der Waals surface area contributed by atoms with Crippen LogP contribution in [0.4, 0.5) is 10.1 Å². The zero-order valence-electron chi connectivity index (χ0n) is 12.2. The average molecular weight is 321 g/mol. The molecule has 22 heavy (non-hydrogen) atoms. The summed E-state index contributed by atoms with van der Waals surface area (Å²) >= 11 is 1.50. The molecule has 5 nitrogen and oxygen atoms in total. The number of hydrogen-bond donors (Lipinski definition) is 0. The van der Waals surface area contributed by atoms with Crippen LogP contribution in [0.3, 0.4) is 0 Å². The lowest BCUT2D eigenvalue weighted by Gasteiger charge is -2.31. The normalized spacial score (nSPS) is 18.7. The highest BCUT2D eigenvalue weighted by molar-refractivity contribution is 7.99. The molecule has 1 aromatic heterocycles. The van der Waals surface area contributed by atoms with Crippen molar-refractivity contribution in [2.24, 2.45) is 0 Å². The van der Waals surface area contributed by atoms with E-state index in [9.17, 15) is 9.18 Å². The maximum atomic E-state index is 13.3. The van der Waals surface area contributed by atoms with Crippen molar-refractivity contribution in [1.29, 1.82) is 0 Å². The van der Waals surface area contributed by atoms with Crippen LogP contribution >= 0.6 is 11.8 Å². The lowest BCUT2D eigenvalue weighted by Crippen LogP contribution is -2.43. The Morgan fingerprint density at radius 1 is 1.50 bits per heavy atom. The molecule has 0 saturated carbocycles. The minimum absolute atomic E-state index is 0.0158. The number of aryl methyl sites for hydroxylation is 1. The number of rotatable bonds is 4. The van der Waals surface area contributed by atoms with Crippen LogP contribution in [0.5, 0.6) is 0 Å². The summed E-state index contributed by atoms with van der Waals surface area (Å²) in [5.41, 5.74) is 0.616. The number of benzene rings is 1. The van der Waals surface area contributed by atoms with Gasteiger partial charge in [0.15, 0.2) is 5.82 Å². The third kappa shape index (κ3) is 3.30. The number of aromatic nitrogens is 2. The summed E-state index contributed by atoms with van der Waals surface area (Å²) in [4.78, 5) is 18.4. The van der Waals surface area contributed by atoms with Gasteiger partial charge in [-0.1, -0.05) is 11.2 Å². The van der Waals surface area contributed by atoms with Gasteiger partial charge in [0, 0.05) is 19.2 Å². The molecule has 0 unspecified atom stereocenters. The summed E-state index contributed by atoms with van der Waals surface area (Å²) in [5.74, 6) is 1.33. The highest BCUT2D eigenvalue weighted by Gasteiger charge is 2.30. The molecule has 0 spiro atoms. The summed E-state index contributed by atoms with van der Waals surface area (Å²) in [6.45, 7) is 2.36. The molecule has 1 fully saturated rings. The van der Waals surface area contributed by atoms with E-state index in [0.717, 1.165) is 12.8 Å². The number of halogens is 1. The molecule has 2 heterocycles. The van der Waals surface area contributed by atoms with Crippen molar-refractivity contribution in [1.82, 2.24) is 10.1 Å². The highest BCUT2D eigenvalue weighted by atomic mass is 32.2. The van der Waals surface area contributed by atoms with E-state index < -0.39 is 0 Å². The lowest BCUT2D eigenvalue weighted by atomic mass is 10.1. The van der Waals surface area contributed by atoms with Gasteiger partial charge in [-0.15, -0.1) is 11.8 Å². The van der Waals surface area contributed by atoms with Gasteiger partial charge in [0.2, 0.25) is 11.8 Å². The molecule has 1 atom stereocenters. The van der Waals surface area contributed by atoms with Crippen molar-refractivity contribution in [3.05, 3.63) is 41.8 Å². The molecule has 1 aromatic carbocycles. The number of amides is 1. The molecule has 1 saturated heterocycles. The number of carbonyl (C=O) groups excluding carboxylic acids is 1. The Bertz CT molecular complexity index is 676. The molecule has 1 amide bonds. The second kappa shape index (κ2) is 6.48. The van der Waals surface area contributed by atoms with Gasteiger partial charge in [0.1, 0.15) is 5.82 Å². The Morgan fingerprint density at radius 2 is 2.36 bits per heavy atom. The molecule has 1 aliphatic heterocycles. The van der Waals surface area contributed by atoms with Crippen molar-refractivity contribution < 1.29 is 13.7 Å². The third-order valence-corrected chi connectivity index (χ3v) is 4.76. The van der Waals surface area contributed by atoms with Gasteiger partial charge in [-0.25, -0.2) is 4.39 Å². The van der Waals surface area contributed by atoms with Crippen LogP contribution in [-0.4, -0.2) is 27.8 Å². The van der Waals surface area contributed by atoms with Crippen molar-refractivity contribution in [2.75, 3.05) is 11.4 Å². The van der Waals surface area contributed by atoms with Gasteiger partial charge in [-0.05, 0) is 31.0 Å². The zero-order chi connectivity index (χ0) is 15.5. The fraction of sp³-hybridized carbons (Fsp3) is 0.400. The highest BCUT2D eigenvalue weighted by Crippen LogP contribution is 2.29. The van der Waals surface area contributed by atoms with Gasteiger partial charge < -0.3 is 9.42 Å². The van der Waals surface area contributed by atoms with Crippen LogP contribution in [0.2, 0.25) is 0 Å². The van der Waals surface area contributed by atoms with Crippen molar-refractivity contribution in [3.63, 3.8) is 0 Å². The largest absolute Gasteiger partial charge is 0.340 e. The van der Waals surface area contributed by atoms with Crippen molar-refractivity contribution >= 4 is 23.4 Å². The summed E-state index contributed by atoms with van der Waals surface area (Å²) in [6.07, 6.45) is 1.71. The Morgan fingerprint density at radius 3 is 3.09 bits per heavy atom. The predicted molar refractivity (Wildman–Crippen MR) is 82.1 cm³/mol. The Hall–Kier alpha value is -1.89. The molecular weight excluding hydrogens is 305 g/mol. The number of piperidine rings is 1. The first kappa shape index (κ1) is 15.0. The molecule has 116 valence electrons. The fourth-order valence-corrected chi connectivity index (χ4v) is 3.54. The van der Waals surface area contributed by atoms with Crippen LogP contribution in [0.1, 0.15) is 24.6 Å². The van der Waals surface area contributed by atoms with E-state index in [1.54, 1.807) is 24.0 Å². The van der Waals surface area contributed by atoms with E-state index in [-0.39, 0.29) is 17.0 Å². The first-order valence-corrected chi connectivity index (χ1v) is 8.16. The van der Waals surface area contributed by atoms with Crippen LogP contribution < -0.4 is 4.90 Å². The SMILES string of the molecule is Cc1nc(CS[C@@H]2CCCN(c3cccc(F)c3)C2=O)no1. The quantitative estimate of drug-likeness (QED) is 0.866. The minimum Gasteiger partial charge on any atom is -0.340 e. The first-order valence-electron chi connectivity index (χ1n) is 7.11. The standard InChI is InChI=1S/C15H16FN3O2S/c1-10-17-14(18-21-10)9-22-13-6-3-7-19(15(13)20)12-5-2-4-11(16)8-12/h2,4-5,8,13H,3,6-7,9H2,1H3/t13-/m1/s1. The molecule has 0 bridgehead atoms. The minimum atomic E-state index is -0.331. The topological polar surface area (TPSA) is 59.2 Å². The van der Waals surface area contributed by atoms with Gasteiger partial charge in [-0.3, -0.25) is 4.79 Å². The van der Waals surface area contributed by atoms with E-state index >= 15 is 0 Å². The monoisotopic (exact) mass is 321 g/mol. The Kier molecular flexibility index (Phi) is 4.42. The van der Waals surface area contributed by atoms with Crippen LogP contribution in [0.25, 0.3) is 0 Å². The number of nitrogens with zero attached hydrogens (tertiary/aromatic N) is 3. The summed E-state index contributed by atoms with van der Waals surface area (Å²) < 4.78 is 18.3. The molecule has 0 radical (unpaired) electrons. The van der Waals surface area contributed by atoms with E-state index in [1.807, 2.05) is 0 Å². The molecule has 1 aliphatic rings. The van der Waals surface area contributed by atoms with Crippen molar-refractivity contribution in [3.8, 4) is 0 Å². The van der Waals surface area contributed by atoms with Crippen LogP contribution in [0.15, 0.2) is 28.8 Å². The van der Waals surface area contributed by atoms with E-state index in [4.69, 9.17) is 4.52 Å². The second-order valence-corrected chi connectivity index (χ2v) is 6.33. The van der Waals surface area contributed by atoms with E-state index in [0.29, 0.717) is 29.7 Å². The number of hydrogen-bond acceptors (Lipinski definition) is 5. The van der Waals surface area contributed by atoms with Crippen molar-refractivity contribution in [2.45, 2.75) is 30.8 Å². The zero-order valence-corrected chi connectivity index (χ0v) is 13.0. The molecule has 7 heteroatoms. The smallest absolute Gasteiger partial charge is 0.240 e. The fourth-order valence-electron chi connectivity index (χ4n) is 2.47. The molecule has 0 N–H and O–H groups in total. The maximum absolute atomic E-state index is 13.3. The second-order valence-electron chi connectivity index (χ2n) is 5.14. The third-order valence-electron chi connectivity index (χ3n) is 3.49. The van der Waals surface area contributed by atoms with Gasteiger partial charge in [-0.2, -0.15) is 4.98 Å². The van der Waals surface area contributed by atoms with E-state index in [2.05, 4.69) is 10.1 Å². The van der Waals surface area contributed by atoms with Gasteiger partial charge in [0.25, 0.3) is 0 Å². The van der Waals surface area contributed by atoms with Crippen LogP contribution in [-0.2, 0) is 10.5 Å². The Labute approximate surface area is 131 Å². The van der Waals surface area contributed by atoms with Gasteiger partial charge >= 0.3 is 0 Å². The lowest BCUT2D eigenvalue weighted by molar-refractivity contribution is -0.119. The number of carbonyl (C=O) groups is 1. The van der Waals surface area contributed by atoms with Gasteiger partial charge in [0.05, 0.1) is 11.0 Å². The molecule has 0 aliphatic carbocycles. The molecule has 2 aromatic rings. The number of thioether (sulfide) groups is 1. The maximum Gasteiger partial charge on any atom is 0.240 e. The first-order chi connectivity index (χ1) is 10.6. The van der Waals surface area contributed by atoms with Crippen LogP contribution in [0, 0.1) is 12.7 Å².